The summed E-state index contributed by atoms with van der Waals surface area (Å²) in [4.78, 5) is 12.1. The number of aromatic nitrogens is 3. The molecule has 0 unspecified atom stereocenters. The van der Waals surface area contributed by atoms with Crippen molar-refractivity contribution < 1.29 is 0 Å². The van der Waals surface area contributed by atoms with Crippen LogP contribution in [0, 0.1) is 0 Å². The van der Waals surface area contributed by atoms with Crippen molar-refractivity contribution in [3.63, 3.8) is 0 Å². The summed E-state index contributed by atoms with van der Waals surface area (Å²) < 4.78 is 0.809. The van der Waals surface area contributed by atoms with Crippen LogP contribution in [0.15, 0.2) is 12.3 Å². The molecular formula is C8H4Cl2IN3. The number of pyridine rings is 1. The first-order chi connectivity index (χ1) is 6.70. The van der Waals surface area contributed by atoms with Crippen LogP contribution in [-0.4, -0.2) is 15.0 Å². The van der Waals surface area contributed by atoms with E-state index in [0.29, 0.717) is 10.7 Å². The molecule has 0 spiro atoms. The van der Waals surface area contributed by atoms with Gasteiger partial charge in [0.2, 0.25) is 5.28 Å². The number of halogens is 3. The highest BCUT2D eigenvalue weighted by Gasteiger charge is 2.06. The molecule has 2 aromatic rings. The molecule has 3 nitrogen and oxygen atoms in total. The summed E-state index contributed by atoms with van der Waals surface area (Å²) in [5.41, 5.74) is 2.46. The van der Waals surface area contributed by atoms with Crippen molar-refractivity contribution in [1.29, 1.82) is 0 Å². The van der Waals surface area contributed by atoms with Gasteiger partial charge in [0.15, 0.2) is 0 Å². The second kappa shape index (κ2) is 4.12. The molecule has 0 aliphatic carbocycles. The Morgan fingerprint density at radius 2 is 2.07 bits per heavy atom. The Bertz CT molecular complexity index is 489. The first kappa shape index (κ1) is 10.3. The van der Waals surface area contributed by atoms with Gasteiger partial charge in [-0.05, 0) is 23.2 Å². The zero-order valence-electron chi connectivity index (χ0n) is 6.84. The van der Waals surface area contributed by atoms with Crippen LogP contribution >= 0.6 is 45.8 Å². The van der Waals surface area contributed by atoms with Gasteiger partial charge in [-0.1, -0.05) is 34.2 Å². The van der Waals surface area contributed by atoms with Crippen LogP contribution in [0.25, 0.3) is 11.0 Å². The maximum Gasteiger partial charge on any atom is 0.223 e. The Morgan fingerprint density at radius 1 is 1.29 bits per heavy atom. The van der Waals surface area contributed by atoms with Crippen molar-refractivity contribution >= 4 is 56.8 Å². The van der Waals surface area contributed by atoms with Crippen LogP contribution in [0.4, 0.5) is 0 Å². The maximum atomic E-state index is 5.84. The van der Waals surface area contributed by atoms with Crippen molar-refractivity contribution in [2.24, 2.45) is 0 Å². The van der Waals surface area contributed by atoms with E-state index in [1.165, 1.54) is 0 Å². The van der Waals surface area contributed by atoms with Gasteiger partial charge in [0, 0.05) is 4.43 Å². The summed E-state index contributed by atoms with van der Waals surface area (Å²) in [6.07, 6.45) is 1.58. The topological polar surface area (TPSA) is 38.7 Å². The van der Waals surface area contributed by atoms with Crippen molar-refractivity contribution in [2.45, 2.75) is 4.43 Å². The molecule has 72 valence electrons. The minimum Gasteiger partial charge on any atom is -0.233 e. The summed E-state index contributed by atoms with van der Waals surface area (Å²) in [6.45, 7) is 0. The molecule has 14 heavy (non-hydrogen) atoms. The molecule has 0 atom stereocenters. The summed E-state index contributed by atoms with van der Waals surface area (Å²) >= 11 is 13.8. The van der Waals surface area contributed by atoms with Gasteiger partial charge in [-0.2, -0.15) is 0 Å². The molecular weight excluding hydrogens is 336 g/mol. The summed E-state index contributed by atoms with van der Waals surface area (Å²) in [6, 6.07) is 1.79. The lowest BCUT2D eigenvalue weighted by Gasteiger charge is -2.02. The smallest absolute Gasteiger partial charge is 0.223 e. The molecule has 0 saturated heterocycles. The van der Waals surface area contributed by atoms with Gasteiger partial charge in [-0.3, -0.25) is 0 Å². The Hall–Kier alpha value is -0.200. The molecule has 0 saturated carbocycles. The number of rotatable bonds is 1. The number of hydrogen-bond acceptors (Lipinski definition) is 3. The van der Waals surface area contributed by atoms with Crippen LogP contribution in [0.2, 0.25) is 10.4 Å². The number of hydrogen-bond donors (Lipinski definition) is 0. The van der Waals surface area contributed by atoms with Crippen molar-refractivity contribution in [2.75, 3.05) is 0 Å². The third-order valence-corrected chi connectivity index (χ3v) is 2.91. The monoisotopic (exact) mass is 339 g/mol. The fraction of sp³-hybridized carbons (Fsp3) is 0.125. The van der Waals surface area contributed by atoms with Gasteiger partial charge < -0.3 is 0 Å². The average molecular weight is 340 g/mol. The van der Waals surface area contributed by atoms with E-state index >= 15 is 0 Å². The van der Waals surface area contributed by atoms with Gasteiger partial charge in [0.1, 0.15) is 10.7 Å². The van der Waals surface area contributed by atoms with E-state index in [0.717, 1.165) is 15.5 Å². The molecule has 6 heteroatoms. The summed E-state index contributed by atoms with van der Waals surface area (Å²) in [7, 11) is 0. The largest absolute Gasteiger partial charge is 0.233 e. The Kier molecular flexibility index (Phi) is 3.04. The fourth-order valence-corrected chi connectivity index (χ4v) is 2.07. The van der Waals surface area contributed by atoms with Crippen LogP contribution in [0.5, 0.6) is 0 Å². The highest BCUT2D eigenvalue weighted by Crippen LogP contribution is 2.21. The van der Waals surface area contributed by atoms with Crippen LogP contribution in [0.1, 0.15) is 5.56 Å². The molecule has 0 aliphatic heterocycles. The zero-order chi connectivity index (χ0) is 10.1. The predicted molar refractivity (Wildman–Crippen MR) is 65.1 cm³/mol. The van der Waals surface area contributed by atoms with Crippen LogP contribution < -0.4 is 0 Å². The molecule has 0 amide bonds. The lowest BCUT2D eigenvalue weighted by atomic mass is 10.2. The maximum absolute atomic E-state index is 5.84. The molecule has 2 rings (SSSR count). The minimum absolute atomic E-state index is 0.229. The van der Waals surface area contributed by atoms with Crippen molar-refractivity contribution in [3.8, 4) is 0 Å². The first-order valence-corrected chi connectivity index (χ1v) is 6.02. The Labute approximate surface area is 104 Å². The highest BCUT2D eigenvalue weighted by molar-refractivity contribution is 14.1. The predicted octanol–water partition coefficient (Wildman–Crippen LogP) is 3.27. The van der Waals surface area contributed by atoms with E-state index in [-0.39, 0.29) is 5.28 Å². The van der Waals surface area contributed by atoms with E-state index < -0.39 is 0 Å². The van der Waals surface area contributed by atoms with E-state index in [4.69, 9.17) is 23.2 Å². The van der Waals surface area contributed by atoms with E-state index in [1.807, 2.05) is 0 Å². The van der Waals surface area contributed by atoms with E-state index in [9.17, 15) is 0 Å². The van der Waals surface area contributed by atoms with E-state index in [1.54, 1.807) is 12.3 Å². The van der Waals surface area contributed by atoms with Gasteiger partial charge in [0.05, 0.1) is 11.7 Å². The molecule has 0 aromatic carbocycles. The molecule has 0 radical (unpaired) electrons. The number of alkyl halides is 1. The minimum atomic E-state index is 0.229. The molecule has 2 heterocycles. The first-order valence-electron chi connectivity index (χ1n) is 3.74. The summed E-state index contributed by atoms with van der Waals surface area (Å²) in [5, 5.41) is 0.683. The quantitative estimate of drug-likeness (QED) is 0.346. The van der Waals surface area contributed by atoms with Crippen molar-refractivity contribution in [1.82, 2.24) is 15.0 Å². The molecule has 0 fully saturated rings. The van der Waals surface area contributed by atoms with E-state index in [2.05, 4.69) is 37.5 Å². The highest BCUT2D eigenvalue weighted by atomic mass is 127. The molecule has 0 N–H and O–H groups in total. The van der Waals surface area contributed by atoms with Gasteiger partial charge >= 0.3 is 0 Å². The second-order valence-corrected chi connectivity index (χ2v) is 4.10. The zero-order valence-corrected chi connectivity index (χ0v) is 10.5. The Balaban J connectivity index is 2.81. The van der Waals surface area contributed by atoms with Crippen LogP contribution in [0.3, 0.4) is 0 Å². The molecule has 2 aromatic heterocycles. The third-order valence-electron chi connectivity index (χ3n) is 1.71. The number of fused-ring (bicyclic) bond motifs is 1. The van der Waals surface area contributed by atoms with Crippen molar-refractivity contribution in [3.05, 3.63) is 28.3 Å². The van der Waals surface area contributed by atoms with Gasteiger partial charge in [-0.25, -0.2) is 15.0 Å². The Morgan fingerprint density at radius 3 is 2.79 bits per heavy atom. The summed E-state index contributed by atoms with van der Waals surface area (Å²) in [5.74, 6) is 0. The number of nitrogens with zero attached hydrogens (tertiary/aromatic N) is 3. The SMILES string of the molecule is Clc1cc(CI)c2nc(Cl)ncc2n1. The van der Waals surface area contributed by atoms with Gasteiger partial charge in [0.25, 0.3) is 0 Å². The molecule has 0 aliphatic rings. The fourth-order valence-electron chi connectivity index (χ4n) is 1.13. The normalized spacial score (nSPS) is 10.8. The lowest BCUT2D eigenvalue weighted by Crippen LogP contribution is -1.92. The average Bonchev–Trinajstić information content (AvgIpc) is 2.17. The second-order valence-electron chi connectivity index (χ2n) is 2.61. The third kappa shape index (κ3) is 1.92. The van der Waals surface area contributed by atoms with Crippen LogP contribution in [-0.2, 0) is 4.43 Å². The molecule has 0 bridgehead atoms. The lowest BCUT2D eigenvalue weighted by molar-refractivity contribution is 1.18. The standard InChI is InChI=1S/C8H4Cl2IN3/c9-6-1-4(2-11)7-5(13-6)3-12-8(10)14-7/h1,3H,2H2. The van der Waals surface area contributed by atoms with Gasteiger partial charge in [-0.15, -0.1) is 0 Å².